The highest BCUT2D eigenvalue weighted by molar-refractivity contribution is 6.01. The molecule has 0 atom stereocenters. The van der Waals surface area contributed by atoms with Gasteiger partial charge in [-0.1, -0.05) is 212 Å². The van der Waals surface area contributed by atoms with Gasteiger partial charge in [0.25, 0.3) is 0 Å². The first-order valence-corrected chi connectivity index (χ1v) is 20.8. The lowest BCUT2D eigenvalue weighted by atomic mass is 9.68. The standard InChI is InChI=1S/C59H41N/c1-5-18-42(19-6-1)45-34-37-51(38-35-45)60(56-39-36-47(43-20-7-2-8-21-43)41-53(56)48-33-32-44-22-13-14-23-46(44)40-48)57-31-17-30-55-58(57)52-28-15-16-29-54(52)59(55,49-24-9-3-10-25-49)50-26-11-4-12-27-50/h1-41H. The van der Waals surface area contributed by atoms with Crippen molar-refractivity contribution in [2.75, 3.05) is 4.90 Å². The third kappa shape index (κ3) is 5.86. The largest absolute Gasteiger partial charge is 0.309 e. The monoisotopic (exact) mass is 763 g/mol. The highest BCUT2D eigenvalue weighted by Gasteiger charge is 2.47. The second kappa shape index (κ2) is 14.9. The molecule has 0 saturated carbocycles. The van der Waals surface area contributed by atoms with E-state index >= 15 is 0 Å². The molecule has 0 N–H and O–H groups in total. The van der Waals surface area contributed by atoms with Gasteiger partial charge >= 0.3 is 0 Å². The van der Waals surface area contributed by atoms with Crippen molar-refractivity contribution >= 4 is 27.8 Å². The van der Waals surface area contributed by atoms with Gasteiger partial charge in [-0.2, -0.15) is 0 Å². The summed E-state index contributed by atoms with van der Waals surface area (Å²) < 4.78 is 0. The molecule has 0 fully saturated rings. The normalized spacial score (nSPS) is 12.5. The van der Waals surface area contributed by atoms with E-state index in [4.69, 9.17) is 0 Å². The minimum Gasteiger partial charge on any atom is -0.309 e. The number of hydrogen-bond donors (Lipinski definition) is 0. The maximum atomic E-state index is 2.51. The van der Waals surface area contributed by atoms with Crippen LogP contribution >= 0.6 is 0 Å². The Hall–Kier alpha value is -7.74. The third-order valence-electron chi connectivity index (χ3n) is 12.3. The van der Waals surface area contributed by atoms with Gasteiger partial charge in [0, 0.05) is 16.8 Å². The van der Waals surface area contributed by atoms with Crippen molar-refractivity contribution < 1.29 is 0 Å². The van der Waals surface area contributed by atoms with Crippen LogP contribution in [0.15, 0.2) is 249 Å². The van der Waals surface area contributed by atoms with E-state index < -0.39 is 5.41 Å². The number of hydrogen-bond acceptors (Lipinski definition) is 1. The minimum absolute atomic E-state index is 0.522. The van der Waals surface area contributed by atoms with Gasteiger partial charge in [-0.05, 0) is 103 Å². The lowest BCUT2D eigenvalue weighted by molar-refractivity contribution is 0.768. The summed E-state index contributed by atoms with van der Waals surface area (Å²) in [7, 11) is 0. The summed E-state index contributed by atoms with van der Waals surface area (Å²) in [6.45, 7) is 0. The smallest absolute Gasteiger partial charge is 0.0714 e. The zero-order chi connectivity index (χ0) is 39.9. The van der Waals surface area contributed by atoms with E-state index in [2.05, 4.69) is 254 Å². The van der Waals surface area contributed by atoms with Crippen molar-refractivity contribution in [3.63, 3.8) is 0 Å². The molecule has 0 spiro atoms. The van der Waals surface area contributed by atoms with Gasteiger partial charge in [0.15, 0.2) is 0 Å². The predicted molar refractivity (Wildman–Crippen MR) is 252 cm³/mol. The van der Waals surface area contributed by atoms with Crippen molar-refractivity contribution in [1.29, 1.82) is 0 Å². The Morgan fingerprint density at radius 1 is 0.283 bits per heavy atom. The third-order valence-corrected chi connectivity index (χ3v) is 12.3. The molecular weight excluding hydrogens is 723 g/mol. The van der Waals surface area contributed by atoms with E-state index in [1.165, 1.54) is 72.0 Å². The van der Waals surface area contributed by atoms with E-state index in [0.29, 0.717) is 0 Å². The molecule has 1 aliphatic carbocycles. The quantitative estimate of drug-likeness (QED) is 0.149. The van der Waals surface area contributed by atoms with E-state index in [9.17, 15) is 0 Å². The average molecular weight is 764 g/mol. The molecule has 10 aromatic carbocycles. The van der Waals surface area contributed by atoms with Crippen LogP contribution in [0.2, 0.25) is 0 Å². The fourth-order valence-corrected chi connectivity index (χ4v) is 9.63. The highest BCUT2D eigenvalue weighted by atomic mass is 15.1. The fourth-order valence-electron chi connectivity index (χ4n) is 9.63. The molecule has 0 unspecified atom stereocenters. The topological polar surface area (TPSA) is 3.24 Å². The Kier molecular flexibility index (Phi) is 8.79. The van der Waals surface area contributed by atoms with Gasteiger partial charge in [-0.15, -0.1) is 0 Å². The first-order chi connectivity index (χ1) is 29.8. The van der Waals surface area contributed by atoms with E-state index in [0.717, 1.165) is 22.6 Å². The van der Waals surface area contributed by atoms with Gasteiger partial charge < -0.3 is 4.90 Å². The second-order valence-corrected chi connectivity index (χ2v) is 15.6. The molecular formula is C59H41N. The lowest BCUT2D eigenvalue weighted by Gasteiger charge is -2.34. The van der Waals surface area contributed by atoms with Crippen molar-refractivity contribution in [2.45, 2.75) is 5.41 Å². The van der Waals surface area contributed by atoms with E-state index in [1.807, 2.05) is 0 Å². The van der Waals surface area contributed by atoms with Crippen LogP contribution in [0.1, 0.15) is 22.3 Å². The number of fused-ring (bicyclic) bond motifs is 4. The van der Waals surface area contributed by atoms with Gasteiger partial charge in [-0.25, -0.2) is 0 Å². The Balaban J connectivity index is 1.22. The second-order valence-electron chi connectivity index (χ2n) is 15.6. The summed E-state index contributed by atoms with van der Waals surface area (Å²) >= 11 is 0. The molecule has 10 aromatic rings. The molecule has 0 heterocycles. The highest BCUT2D eigenvalue weighted by Crippen LogP contribution is 2.60. The Bertz CT molecular complexity index is 3080. The summed E-state index contributed by atoms with van der Waals surface area (Å²) in [5, 5.41) is 2.45. The van der Waals surface area contributed by atoms with Crippen LogP contribution in [-0.4, -0.2) is 0 Å². The molecule has 11 rings (SSSR count). The van der Waals surface area contributed by atoms with Gasteiger partial charge in [-0.3, -0.25) is 0 Å². The molecule has 0 aromatic heterocycles. The van der Waals surface area contributed by atoms with Crippen LogP contribution < -0.4 is 4.90 Å². The SMILES string of the molecule is c1ccc(-c2ccc(N(c3ccc(-c4ccccc4)cc3-c3ccc4ccccc4c3)c3cccc4c3-c3ccccc3C4(c3ccccc3)c3ccccc3)cc2)cc1. The Morgan fingerprint density at radius 2 is 0.800 bits per heavy atom. The number of anilines is 3. The van der Waals surface area contributed by atoms with Crippen LogP contribution in [-0.2, 0) is 5.41 Å². The van der Waals surface area contributed by atoms with Crippen molar-refractivity contribution in [1.82, 2.24) is 0 Å². The molecule has 282 valence electrons. The molecule has 0 amide bonds. The Morgan fingerprint density at radius 3 is 1.48 bits per heavy atom. The van der Waals surface area contributed by atoms with Gasteiger partial charge in [0.2, 0.25) is 0 Å². The molecule has 0 aliphatic heterocycles. The summed E-state index contributed by atoms with van der Waals surface area (Å²) in [6.07, 6.45) is 0. The molecule has 60 heavy (non-hydrogen) atoms. The van der Waals surface area contributed by atoms with Crippen molar-refractivity contribution in [3.8, 4) is 44.5 Å². The predicted octanol–water partition coefficient (Wildman–Crippen LogP) is 15.7. The molecule has 1 nitrogen and oxygen atoms in total. The van der Waals surface area contributed by atoms with Crippen LogP contribution in [0, 0.1) is 0 Å². The van der Waals surface area contributed by atoms with Crippen LogP contribution in [0.3, 0.4) is 0 Å². The summed E-state index contributed by atoms with van der Waals surface area (Å²) in [5.74, 6) is 0. The van der Waals surface area contributed by atoms with Gasteiger partial charge in [0.1, 0.15) is 0 Å². The molecule has 1 aliphatic rings. The van der Waals surface area contributed by atoms with Crippen LogP contribution in [0.25, 0.3) is 55.3 Å². The zero-order valence-electron chi connectivity index (χ0n) is 33.1. The van der Waals surface area contributed by atoms with Crippen molar-refractivity contribution in [2.24, 2.45) is 0 Å². The van der Waals surface area contributed by atoms with Crippen LogP contribution in [0.4, 0.5) is 17.1 Å². The number of nitrogens with zero attached hydrogens (tertiary/aromatic N) is 1. The fraction of sp³-hybridized carbons (Fsp3) is 0.0169. The molecule has 0 bridgehead atoms. The summed E-state index contributed by atoms with van der Waals surface area (Å²) in [4.78, 5) is 2.51. The summed E-state index contributed by atoms with van der Waals surface area (Å²) in [5.41, 5.74) is 17.5. The molecule has 0 saturated heterocycles. The Labute approximate surface area is 352 Å². The molecule has 1 heteroatoms. The maximum absolute atomic E-state index is 2.51. The van der Waals surface area contributed by atoms with Gasteiger partial charge in [0.05, 0.1) is 16.8 Å². The first-order valence-electron chi connectivity index (χ1n) is 20.8. The van der Waals surface area contributed by atoms with Crippen LogP contribution in [0.5, 0.6) is 0 Å². The number of rotatable bonds is 8. The first kappa shape index (κ1) is 35.4. The van der Waals surface area contributed by atoms with E-state index in [-0.39, 0.29) is 0 Å². The zero-order valence-corrected chi connectivity index (χ0v) is 33.1. The minimum atomic E-state index is -0.522. The summed E-state index contributed by atoms with van der Waals surface area (Å²) in [6, 6.07) is 91.2. The van der Waals surface area contributed by atoms with E-state index in [1.54, 1.807) is 0 Å². The maximum Gasteiger partial charge on any atom is 0.0714 e. The number of benzene rings is 10. The van der Waals surface area contributed by atoms with Crippen molar-refractivity contribution in [3.05, 3.63) is 271 Å². The molecule has 0 radical (unpaired) electrons. The lowest BCUT2D eigenvalue weighted by Crippen LogP contribution is -2.28. The average Bonchev–Trinajstić information content (AvgIpc) is 3.64.